The van der Waals surface area contributed by atoms with Crippen LogP contribution in [0.4, 0.5) is 23.2 Å². The van der Waals surface area contributed by atoms with E-state index in [1.165, 1.54) is 6.07 Å². The van der Waals surface area contributed by atoms with Crippen molar-refractivity contribution in [3.63, 3.8) is 0 Å². The molecule has 2 aliphatic carbocycles. The number of hydrogen-bond donors (Lipinski definition) is 2. The van der Waals surface area contributed by atoms with Crippen LogP contribution in [0, 0.1) is 23.6 Å². The van der Waals surface area contributed by atoms with Gasteiger partial charge < -0.3 is 15.8 Å². The van der Waals surface area contributed by atoms with E-state index < -0.39 is 18.6 Å². The van der Waals surface area contributed by atoms with Crippen LogP contribution in [0.15, 0.2) is 18.2 Å². The third-order valence-electron chi connectivity index (χ3n) is 5.38. The Hall–Kier alpha value is -1.83. The summed E-state index contributed by atoms with van der Waals surface area (Å²) >= 11 is 0. The van der Waals surface area contributed by atoms with Gasteiger partial charge in [-0.25, -0.2) is 4.39 Å². The number of carbonyl (C=O) groups is 1. The quantitative estimate of drug-likeness (QED) is 0.787. The predicted octanol–water partition coefficient (Wildman–Crippen LogP) is 3.86. The fourth-order valence-electron chi connectivity index (χ4n) is 4.12. The van der Waals surface area contributed by atoms with E-state index in [1.54, 1.807) is 0 Å². The second-order valence-corrected chi connectivity index (χ2v) is 7.23. The van der Waals surface area contributed by atoms with Crippen molar-refractivity contribution in [2.24, 2.45) is 23.5 Å². The van der Waals surface area contributed by atoms with E-state index in [-0.39, 0.29) is 29.3 Å². The molecule has 0 heterocycles. The van der Waals surface area contributed by atoms with Crippen LogP contribution in [-0.4, -0.2) is 24.7 Å². The minimum Gasteiger partial charge on any atom is -0.482 e. The van der Waals surface area contributed by atoms with E-state index >= 15 is 0 Å². The lowest BCUT2D eigenvalue weighted by Gasteiger charge is -2.43. The van der Waals surface area contributed by atoms with Gasteiger partial charge in [-0.3, -0.25) is 4.79 Å². The predicted molar refractivity (Wildman–Crippen MR) is 88.1 cm³/mol. The molecule has 0 radical (unpaired) electrons. The second kappa shape index (κ2) is 7.42. The number of fused-ring (bicyclic) bond motifs is 2. The summed E-state index contributed by atoms with van der Waals surface area (Å²) in [6, 6.07) is 3.24. The lowest BCUT2D eigenvalue weighted by molar-refractivity contribution is -0.153. The van der Waals surface area contributed by atoms with Crippen molar-refractivity contribution < 1.29 is 27.1 Å². The van der Waals surface area contributed by atoms with Crippen LogP contribution in [-0.2, 0) is 4.79 Å². The van der Waals surface area contributed by atoms with Crippen LogP contribution in [0.2, 0.25) is 0 Å². The summed E-state index contributed by atoms with van der Waals surface area (Å²) in [6.45, 7) is -1.55. The zero-order valence-corrected chi connectivity index (χ0v) is 14.2. The molecule has 2 unspecified atom stereocenters. The van der Waals surface area contributed by atoms with Crippen molar-refractivity contribution >= 4 is 11.6 Å². The molecule has 2 saturated carbocycles. The molecule has 2 fully saturated rings. The Balaban J connectivity index is 1.69. The van der Waals surface area contributed by atoms with Crippen LogP contribution >= 0.6 is 0 Å². The molecule has 3 N–H and O–H groups in total. The van der Waals surface area contributed by atoms with Crippen molar-refractivity contribution in [1.82, 2.24) is 0 Å². The van der Waals surface area contributed by atoms with E-state index in [4.69, 9.17) is 5.73 Å². The van der Waals surface area contributed by atoms with Gasteiger partial charge in [0.15, 0.2) is 6.61 Å². The molecule has 0 spiro atoms. The largest absolute Gasteiger partial charge is 0.482 e. The standard InChI is InChI=1S/C18H22F4N2O2/c19-13-4-5-14(15(8-13)26-9-18(20,21)22)24-17(25)12-6-10-2-1-3-11(7-12)16(10)23/h4-5,8,10-12,16H,1-3,6-7,9,23H2,(H,24,25). The Bertz CT molecular complexity index is 651. The molecule has 2 bridgehead atoms. The zero-order valence-electron chi connectivity index (χ0n) is 14.2. The molecule has 26 heavy (non-hydrogen) atoms. The van der Waals surface area contributed by atoms with Crippen molar-refractivity contribution in [3.05, 3.63) is 24.0 Å². The fourth-order valence-corrected chi connectivity index (χ4v) is 4.12. The average molecular weight is 374 g/mol. The third kappa shape index (κ3) is 4.47. The van der Waals surface area contributed by atoms with Gasteiger partial charge in [0, 0.05) is 18.0 Å². The van der Waals surface area contributed by atoms with Gasteiger partial charge in [0.1, 0.15) is 11.6 Å². The van der Waals surface area contributed by atoms with Gasteiger partial charge in [0.25, 0.3) is 0 Å². The molecule has 1 aromatic rings. The Labute approximate surface area is 149 Å². The summed E-state index contributed by atoms with van der Waals surface area (Å²) in [5.41, 5.74) is 6.26. The van der Waals surface area contributed by atoms with E-state index in [0.717, 1.165) is 31.4 Å². The smallest absolute Gasteiger partial charge is 0.422 e. The van der Waals surface area contributed by atoms with Gasteiger partial charge in [-0.2, -0.15) is 13.2 Å². The molecular formula is C18H22F4N2O2. The lowest BCUT2D eigenvalue weighted by atomic mass is 9.65. The number of amides is 1. The van der Waals surface area contributed by atoms with Crippen molar-refractivity contribution in [2.45, 2.75) is 44.3 Å². The first-order valence-corrected chi connectivity index (χ1v) is 8.78. The number of hydrogen-bond acceptors (Lipinski definition) is 3. The van der Waals surface area contributed by atoms with Crippen molar-refractivity contribution in [1.29, 1.82) is 0 Å². The molecule has 2 aliphatic rings. The highest BCUT2D eigenvalue weighted by molar-refractivity contribution is 5.94. The molecule has 8 heteroatoms. The number of alkyl halides is 3. The molecule has 2 atom stereocenters. The normalized spacial score (nSPS) is 28.5. The summed E-state index contributed by atoms with van der Waals surface area (Å²) in [5, 5.41) is 2.61. The summed E-state index contributed by atoms with van der Waals surface area (Å²) < 4.78 is 55.2. The first-order valence-electron chi connectivity index (χ1n) is 8.78. The number of nitrogens with one attached hydrogen (secondary N) is 1. The first-order chi connectivity index (χ1) is 12.2. The van der Waals surface area contributed by atoms with Crippen LogP contribution in [0.25, 0.3) is 0 Å². The average Bonchev–Trinajstić information content (AvgIpc) is 2.54. The van der Waals surface area contributed by atoms with Gasteiger partial charge in [-0.15, -0.1) is 0 Å². The lowest BCUT2D eigenvalue weighted by Crippen LogP contribution is -2.48. The van der Waals surface area contributed by atoms with E-state index in [1.807, 2.05) is 0 Å². The van der Waals surface area contributed by atoms with E-state index in [0.29, 0.717) is 24.7 Å². The van der Waals surface area contributed by atoms with E-state index in [2.05, 4.69) is 10.1 Å². The van der Waals surface area contributed by atoms with Gasteiger partial charge in [-0.1, -0.05) is 6.42 Å². The van der Waals surface area contributed by atoms with Gasteiger partial charge in [-0.05, 0) is 49.7 Å². The summed E-state index contributed by atoms with van der Waals surface area (Å²) in [7, 11) is 0. The van der Waals surface area contributed by atoms with Gasteiger partial charge >= 0.3 is 6.18 Å². The second-order valence-electron chi connectivity index (χ2n) is 7.23. The molecule has 1 aromatic carbocycles. The Morgan fingerprint density at radius 2 is 1.88 bits per heavy atom. The molecule has 1 amide bonds. The minimum atomic E-state index is -4.55. The highest BCUT2D eigenvalue weighted by Crippen LogP contribution is 2.42. The molecule has 0 saturated heterocycles. The van der Waals surface area contributed by atoms with Crippen LogP contribution in [0.5, 0.6) is 5.75 Å². The maximum absolute atomic E-state index is 13.4. The Morgan fingerprint density at radius 3 is 2.50 bits per heavy atom. The summed E-state index contributed by atoms with van der Waals surface area (Å²) in [5.74, 6) is -0.996. The topological polar surface area (TPSA) is 64.4 Å². The molecule has 3 rings (SSSR count). The van der Waals surface area contributed by atoms with Gasteiger partial charge in [0.2, 0.25) is 5.91 Å². The molecule has 4 nitrogen and oxygen atoms in total. The van der Waals surface area contributed by atoms with Gasteiger partial charge in [0.05, 0.1) is 5.69 Å². The maximum atomic E-state index is 13.4. The highest BCUT2D eigenvalue weighted by atomic mass is 19.4. The minimum absolute atomic E-state index is 0.0423. The van der Waals surface area contributed by atoms with Crippen molar-refractivity contribution in [3.8, 4) is 5.75 Å². The fraction of sp³-hybridized carbons (Fsp3) is 0.611. The molecule has 0 aliphatic heterocycles. The highest BCUT2D eigenvalue weighted by Gasteiger charge is 2.40. The number of benzene rings is 1. The first kappa shape index (κ1) is 18.9. The Kier molecular flexibility index (Phi) is 5.41. The zero-order chi connectivity index (χ0) is 18.9. The van der Waals surface area contributed by atoms with E-state index in [9.17, 15) is 22.4 Å². The van der Waals surface area contributed by atoms with Crippen LogP contribution in [0.1, 0.15) is 32.1 Å². The monoisotopic (exact) mass is 374 g/mol. The molecular weight excluding hydrogens is 352 g/mol. The number of rotatable bonds is 4. The van der Waals surface area contributed by atoms with Crippen LogP contribution < -0.4 is 15.8 Å². The number of anilines is 1. The molecule has 0 aromatic heterocycles. The SMILES string of the molecule is NC1C2CCCC1CC(C(=O)Nc1ccc(F)cc1OCC(F)(F)F)C2. The van der Waals surface area contributed by atoms with Crippen LogP contribution in [0.3, 0.4) is 0 Å². The maximum Gasteiger partial charge on any atom is 0.422 e. The third-order valence-corrected chi connectivity index (χ3v) is 5.38. The number of halogens is 4. The summed E-state index contributed by atoms with van der Waals surface area (Å²) in [6.07, 6.45) is -0.0991. The van der Waals surface area contributed by atoms with Crippen molar-refractivity contribution in [2.75, 3.05) is 11.9 Å². The number of ether oxygens (including phenoxy) is 1. The summed E-state index contributed by atoms with van der Waals surface area (Å²) in [4.78, 5) is 12.6. The molecule has 144 valence electrons. The Morgan fingerprint density at radius 1 is 1.23 bits per heavy atom. The number of nitrogens with two attached hydrogens (primary N) is 1. The number of carbonyl (C=O) groups excluding carboxylic acids is 1.